The quantitative estimate of drug-likeness (QED) is 0.752. The maximum absolute atomic E-state index is 11.0. The van der Waals surface area contributed by atoms with Gasteiger partial charge in [0.05, 0.1) is 0 Å². The lowest BCUT2D eigenvalue weighted by molar-refractivity contribution is -0.145. The Morgan fingerprint density at radius 2 is 2.00 bits per heavy atom. The van der Waals surface area contributed by atoms with E-state index in [2.05, 4.69) is 0 Å². The zero-order valence-corrected chi connectivity index (χ0v) is 11.0. The van der Waals surface area contributed by atoms with E-state index in [1.807, 2.05) is 31.2 Å². The van der Waals surface area contributed by atoms with Gasteiger partial charge in [-0.25, -0.2) is 0 Å². The maximum Gasteiger partial charge on any atom is 0.305 e. The average Bonchev–Trinajstić information content (AvgIpc) is 2.38. The molecule has 18 heavy (non-hydrogen) atoms. The van der Waals surface area contributed by atoms with Gasteiger partial charge in [0.25, 0.3) is 0 Å². The summed E-state index contributed by atoms with van der Waals surface area (Å²) < 4.78 is 10.6. The molecule has 0 aliphatic rings. The molecule has 0 saturated carbocycles. The number of ether oxygens (including phenoxy) is 2. The molecule has 1 aromatic rings. The van der Waals surface area contributed by atoms with Crippen molar-refractivity contribution in [2.24, 2.45) is 5.73 Å². The number of rotatable bonds is 7. The van der Waals surface area contributed by atoms with Gasteiger partial charge in [0.1, 0.15) is 18.5 Å². The van der Waals surface area contributed by atoms with Gasteiger partial charge in [0.2, 0.25) is 0 Å². The van der Waals surface area contributed by atoms with E-state index in [0.717, 1.165) is 12.2 Å². The van der Waals surface area contributed by atoms with Crippen LogP contribution in [0.3, 0.4) is 0 Å². The van der Waals surface area contributed by atoms with Gasteiger partial charge in [-0.1, -0.05) is 19.1 Å². The molecule has 0 aromatic heterocycles. The fourth-order valence-electron chi connectivity index (χ4n) is 1.48. The number of nitrogens with two attached hydrogens (primary N) is 1. The molecule has 0 bridgehead atoms. The third kappa shape index (κ3) is 5.19. The van der Waals surface area contributed by atoms with Crippen molar-refractivity contribution in [1.29, 1.82) is 0 Å². The third-order valence-corrected chi connectivity index (χ3v) is 2.46. The third-order valence-electron chi connectivity index (χ3n) is 2.46. The summed E-state index contributed by atoms with van der Waals surface area (Å²) in [6.07, 6.45) is 1.10. The van der Waals surface area contributed by atoms with Crippen LogP contribution in [0.1, 0.15) is 25.8 Å². The van der Waals surface area contributed by atoms with Crippen LogP contribution >= 0.6 is 0 Å². The van der Waals surface area contributed by atoms with E-state index in [9.17, 15) is 4.79 Å². The van der Waals surface area contributed by atoms with Crippen LogP contribution in [0.2, 0.25) is 0 Å². The molecule has 1 rings (SSSR count). The summed E-state index contributed by atoms with van der Waals surface area (Å²) in [5.74, 6) is 0.569. The van der Waals surface area contributed by atoms with Gasteiger partial charge in [0.15, 0.2) is 0 Å². The minimum absolute atomic E-state index is 0.152. The van der Waals surface area contributed by atoms with Crippen LogP contribution in [0.5, 0.6) is 5.75 Å². The van der Waals surface area contributed by atoms with Crippen LogP contribution in [0, 0.1) is 0 Å². The number of benzene rings is 1. The van der Waals surface area contributed by atoms with Gasteiger partial charge < -0.3 is 15.2 Å². The van der Waals surface area contributed by atoms with E-state index in [0.29, 0.717) is 13.0 Å². The van der Waals surface area contributed by atoms with Gasteiger partial charge in [-0.05, 0) is 37.6 Å². The summed E-state index contributed by atoms with van der Waals surface area (Å²) in [7, 11) is 0. The zero-order chi connectivity index (χ0) is 13.4. The molecule has 1 atom stereocenters. The van der Waals surface area contributed by atoms with Crippen molar-refractivity contribution < 1.29 is 14.3 Å². The van der Waals surface area contributed by atoms with Gasteiger partial charge >= 0.3 is 5.97 Å². The second-order valence-electron chi connectivity index (χ2n) is 4.15. The molecular formula is C14H21NO3. The number of carbonyl (C=O) groups is 1. The molecule has 0 fully saturated rings. The highest BCUT2D eigenvalue weighted by molar-refractivity contribution is 5.68. The highest BCUT2D eigenvalue weighted by Gasteiger charge is 2.07. The van der Waals surface area contributed by atoms with E-state index < -0.39 is 0 Å². The molecule has 2 N–H and O–H groups in total. The van der Waals surface area contributed by atoms with Gasteiger partial charge in [0, 0.05) is 6.42 Å². The summed E-state index contributed by atoms with van der Waals surface area (Å²) in [4.78, 5) is 11.0. The molecule has 0 aliphatic heterocycles. The van der Waals surface area contributed by atoms with E-state index >= 15 is 0 Å². The zero-order valence-electron chi connectivity index (χ0n) is 11.0. The van der Waals surface area contributed by atoms with Crippen molar-refractivity contribution in [3.63, 3.8) is 0 Å². The van der Waals surface area contributed by atoms with Crippen molar-refractivity contribution in [2.45, 2.75) is 32.8 Å². The fraction of sp³-hybridized carbons (Fsp3) is 0.500. The second kappa shape index (κ2) is 7.71. The van der Waals surface area contributed by atoms with Crippen LogP contribution in [-0.4, -0.2) is 25.2 Å². The lowest BCUT2D eigenvalue weighted by Crippen LogP contribution is -2.21. The Labute approximate surface area is 108 Å². The Bertz CT molecular complexity index is 362. The standard InChI is InChI=1S/C14H21NO3/c1-3-14(16)17-10-11(2)18-13-6-4-12(5-7-13)8-9-15/h4-7,11H,3,8-10,15H2,1-2H3. The van der Waals surface area contributed by atoms with Gasteiger partial charge in [-0.3, -0.25) is 4.79 Å². The largest absolute Gasteiger partial charge is 0.487 e. The predicted molar refractivity (Wildman–Crippen MR) is 70.5 cm³/mol. The Hall–Kier alpha value is -1.55. The molecule has 0 radical (unpaired) electrons. The van der Waals surface area contributed by atoms with E-state index in [-0.39, 0.29) is 18.7 Å². The van der Waals surface area contributed by atoms with Crippen LogP contribution in [0.15, 0.2) is 24.3 Å². The Morgan fingerprint density at radius 3 is 2.56 bits per heavy atom. The summed E-state index contributed by atoms with van der Waals surface area (Å²) in [5.41, 5.74) is 6.67. The SMILES string of the molecule is CCC(=O)OCC(C)Oc1ccc(CCN)cc1. The van der Waals surface area contributed by atoms with E-state index in [1.54, 1.807) is 6.92 Å². The topological polar surface area (TPSA) is 61.5 Å². The van der Waals surface area contributed by atoms with Gasteiger partial charge in [-0.15, -0.1) is 0 Å². The maximum atomic E-state index is 11.0. The van der Waals surface area contributed by atoms with E-state index in [4.69, 9.17) is 15.2 Å². The summed E-state index contributed by atoms with van der Waals surface area (Å²) in [6, 6.07) is 7.80. The average molecular weight is 251 g/mol. The minimum atomic E-state index is -0.205. The number of esters is 1. The lowest BCUT2D eigenvalue weighted by atomic mass is 10.1. The van der Waals surface area contributed by atoms with E-state index in [1.165, 1.54) is 5.56 Å². The molecular weight excluding hydrogens is 230 g/mol. The monoisotopic (exact) mass is 251 g/mol. The molecule has 1 aromatic carbocycles. The number of hydrogen-bond acceptors (Lipinski definition) is 4. The molecule has 0 heterocycles. The summed E-state index contributed by atoms with van der Waals surface area (Å²) in [5, 5.41) is 0. The second-order valence-corrected chi connectivity index (χ2v) is 4.15. The first kappa shape index (κ1) is 14.5. The molecule has 0 aliphatic carbocycles. The van der Waals surface area contributed by atoms with Crippen LogP contribution < -0.4 is 10.5 Å². The Kier molecular flexibility index (Phi) is 6.22. The minimum Gasteiger partial charge on any atom is -0.487 e. The van der Waals surface area contributed by atoms with Crippen LogP contribution in [0.4, 0.5) is 0 Å². The summed E-state index contributed by atoms with van der Waals surface area (Å²) in [6.45, 7) is 4.56. The first-order valence-corrected chi connectivity index (χ1v) is 6.27. The van der Waals surface area contributed by atoms with Crippen molar-refractivity contribution in [3.05, 3.63) is 29.8 Å². The van der Waals surface area contributed by atoms with Crippen LogP contribution in [-0.2, 0) is 16.0 Å². The number of carbonyl (C=O) groups excluding carboxylic acids is 1. The van der Waals surface area contributed by atoms with Crippen molar-refractivity contribution in [2.75, 3.05) is 13.2 Å². The summed E-state index contributed by atoms with van der Waals surface area (Å²) >= 11 is 0. The van der Waals surface area contributed by atoms with Crippen molar-refractivity contribution in [1.82, 2.24) is 0 Å². The molecule has 0 saturated heterocycles. The molecule has 4 nitrogen and oxygen atoms in total. The first-order chi connectivity index (χ1) is 8.65. The molecule has 0 spiro atoms. The van der Waals surface area contributed by atoms with Crippen molar-refractivity contribution >= 4 is 5.97 Å². The molecule has 4 heteroatoms. The highest BCUT2D eigenvalue weighted by Crippen LogP contribution is 2.14. The fourth-order valence-corrected chi connectivity index (χ4v) is 1.48. The molecule has 0 amide bonds. The predicted octanol–water partition coefficient (Wildman–Crippen LogP) is 1.91. The van der Waals surface area contributed by atoms with Crippen LogP contribution in [0.25, 0.3) is 0 Å². The first-order valence-electron chi connectivity index (χ1n) is 6.27. The Balaban J connectivity index is 2.39. The lowest BCUT2D eigenvalue weighted by Gasteiger charge is -2.15. The van der Waals surface area contributed by atoms with Gasteiger partial charge in [-0.2, -0.15) is 0 Å². The number of hydrogen-bond donors (Lipinski definition) is 1. The normalized spacial score (nSPS) is 11.9. The van der Waals surface area contributed by atoms with Crippen molar-refractivity contribution in [3.8, 4) is 5.75 Å². The molecule has 1 unspecified atom stereocenters. The highest BCUT2D eigenvalue weighted by atomic mass is 16.6. The molecule has 100 valence electrons. The smallest absolute Gasteiger partial charge is 0.305 e. The Morgan fingerprint density at radius 1 is 1.33 bits per heavy atom.